The van der Waals surface area contributed by atoms with Gasteiger partial charge in [0.25, 0.3) is 0 Å². The highest BCUT2D eigenvalue weighted by Crippen LogP contribution is 2.52. The molecular formula is C43H72. The lowest BCUT2D eigenvalue weighted by Gasteiger charge is -2.44. The molecule has 0 aliphatic heterocycles. The van der Waals surface area contributed by atoms with Crippen molar-refractivity contribution in [2.45, 2.75) is 203 Å². The Morgan fingerprint density at radius 1 is 0.395 bits per heavy atom. The van der Waals surface area contributed by atoms with Crippen molar-refractivity contribution in [1.29, 1.82) is 0 Å². The molecule has 0 aliphatic rings. The molecule has 0 saturated heterocycles. The van der Waals surface area contributed by atoms with Crippen molar-refractivity contribution in [3.8, 4) is 0 Å². The number of benzene rings is 2. The topological polar surface area (TPSA) is 0 Å². The Kier molecular flexibility index (Phi) is 9.93. The van der Waals surface area contributed by atoms with E-state index in [1.54, 1.807) is 27.8 Å². The Labute approximate surface area is 270 Å². The molecule has 0 N–H and O–H groups in total. The summed E-state index contributed by atoms with van der Waals surface area (Å²) in [6.07, 6.45) is 1.08. The van der Waals surface area contributed by atoms with Gasteiger partial charge in [0.15, 0.2) is 0 Å². The van der Waals surface area contributed by atoms with Gasteiger partial charge in [-0.15, -0.1) is 0 Å². The van der Waals surface area contributed by atoms with Crippen molar-refractivity contribution < 1.29 is 0 Å². The zero-order valence-electron chi connectivity index (χ0n) is 33.0. The second-order valence-corrected chi connectivity index (χ2v) is 20.8. The molecule has 2 aromatic rings. The maximum Gasteiger partial charge on any atom is 0.00957 e. The second-order valence-electron chi connectivity index (χ2n) is 20.8. The minimum Gasteiger partial charge on any atom is -0.0645 e. The molecule has 0 heteroatoms. The fourth-order valence-corrected chi connectivity index (χ4v) is 7.53. The summed E-state index contributed by atoms with van der Waals surface area (Å²) < 4.78 is 0. The predicted octanol–water partition coefficient (Wildman–Crippen LogP) is 13.3. The smallest absolute Gasteiger partial charge is 0.00957 e. The van der Waals surface area contributed by atoms with Crippen LogP contribution in [0.4, 0.5) is 0 Å². The van der Waals surface area contributed by atoms with Crippen molar-refractivity contribution in [3.63, 3.8) is 0 Å². The summed E-state index contributed by atoms with van der Waals surface area (Å²) in [7, 11) is 0. The monoisotopic (exact) mass is 589 g/mol. The summed E-state index contributed by atoms with van der Waals surface area (Å²) in [6.45, 7) is 53.4. The van der Waals surface area contributed by atoms with E-state index in [1.807, 2.05) is 0 Å². The predicted molar refractivity (Wildman–Crippen MR) is 196 cm³/mol. The zero-order valence-corrected chi connectivity index (χ0v) is 33.0. The van der Waals surface area contributed by atoms with Gasteiger partial charge in [-0.1, -0.05) is 171 Å². The number of hydrogen-bond acceptors (Lipinski definition) is 0. The van der Waals surface area contributed by atoms with Crippen molar-refractivity contribution in [3.05, 3.63) is 68.3 Å². The Morgan fingerprint density at radius 3 is 1.05 bits per heavy atom. The van der Waals surface area contributed by atoms with Crippen LogP contribution in [-0.2, 0) is 37.9 Å². The molecule has 0 aliphatic carbocycles. The van der Waals surface area contributed by atoms with Crippen LogP contribution in [0.1, 0.15) is 215 Å². The van der Waals surface area contributed by atoms with Crippen LogP contribution in [0.2, 0.25) is 0 Å². The maximum absolute atomic E-state index is 2.64. The Morgan fingerprint density at radius 2 is 0.744 bits per heavy atom. The molecule has 0 spiro atoms. The Bertz CT molecular complexity index is 1290. The van der Waals surface area contributed by atoms with Crippen LogP contribution in [-0.4, -0.2) is 0 Å². The summed E-state index contributed by atoms with van der Waals surface area (Å²) in [5, 5.41) is 0. The number of rotatable bonds is 3. The molecule has 1 atom stereocenters. The summed E-state index contributed by atoms with van der Waals surface area (Å²) in [5.74, 6) is 0.308. The Hall–Kier alpha value is -1.56. The second kappa shape index (κ2) is 11.4. The molecule has 0 radical (unpaired) electrons. The van der Waals surface area contributed by atoms with E-state index in [1.165, 1.54) is 22.3 Å². The molecular weight excluding hydrogens is 516 g/mol. The fourth-order valence-electron chi connectivity index (χ4n) is 7.53. The standard InChI is InChI=1S/C43H72/c1-23-27(28-24-25-29(37(2,3)4)34(41(14,15)16)33(28)40(11,12)13)32-30(38(5,6)7)26-31(39(8,9)10)35(42(17,18)19)36(32)43(20,21)22/h24-27H,23H2,1-22H3. The van der Waals surface area contributed by atoms with Crippen molar-refractivity contribution in [1.82, 2.24) is 0 Å². The van der Waals surface area contributed by atoms with Crippen LogP contribution in [0.25, 0.3) is 0 Å². The quantitative estimate of drug-likeness (QED) is 0.334. The van der Waals surface area contributed by atoms with Gasteiger partial charge >= 0.3 is 0 Å². The molecule has 0 fully saturated rings. The van der Waals surface area contributed by atoms with E-state index >= 15 is 0 Å². The molecule has 0 heterocycles. The molecule has 0 saturated carbocycles. The molecule has 1 unspecified atom stereocenters. The lowest BCUT2D eigenvalue weighted by atomic mass is 9.60. The van der Waals surface area contributed by atoms with Crippen LogP contribution in [0, 0.1) is 0 Å². The van der Waals surface area contributed by atoms with Gasteiger partial charge in [0.1, 0.15) is 0 Å². The first-order valence-electron chi connectivity index (χ1n) is 17.2. The van der Waals surface area contributed by atoms with Crippen LogP contribution < -0.4 is 0 Å². The molecule has 0 nitrogen and oxygen atoms in total. The van der Waals surface area contributed by atoms with Gasteiger partial charge in [-0.3, -0.25) is 0 Å². The number of hydrogen-bond donors (Lipinski definition) is 0. The van der Waals surface area contributed by atoms with Crippen molar-refractivity contribution >= 4 is 0 Å². The van der Waals surface area contributed by atoms with Gasteiger partial charge in [-0.25, -0.2) is 0 Å². The molecule has 0 bridgehead atoms. The van der Waals surface area contributed by atoms with Gasteiger partial charge in [-0.2, -0.15) is 0 Å². The largest absolute Gasteiger partial charge is 0.0645 e. The van der Waals surface area contributed by atoms with Gasteiger partial charge in [0, 0.05) is 5.92 Å². The average molecular weight is 589 g/mol. The normalized spacial score (nSPS) is 15.2. The molecule has 43 heavy (non-hydrogen) atoms. The molecule has 244 valence electrons. The van der Waals surface area contributed by atoms with E-state index in [0.29, 0.717) is 5.92 Å². The molecule has 0 amide bonds. The minimum atomic E-state index is -0.00721. The van der Waals surface area contributed by atoms with Crippen LogP contribution in [0.5, 0.6) is 0 Å². The summed E-state index contributed by atoms with van der Waals surface area (Å²) in [5.41, 5.74) is 14.1. The summed E-state index contributed by atoms with van der Waals surface area (Å²) in [4.78, 5) is 0. The van der Waals surface area contributed by atoms with E-state index in [0.717, 1.165) is 6.42 Å². The lowest BCUT2D eigenvalue weighted by Crippen LogP contribution is -2.34. The molecule has 2 aromatic carbocycles. The van der Waals surface area contributed by atoms with Crippen molar-refractivity contribution in [2.75, 3.05) is 0 Å². The third kappa shape index (κ3) is 7.82. The van der Waals surface area contributed by atoms with Crippen molar-refractivity contribution in [2.24, 2.45) is 0 Å². The lowest BCUT2D eigenvalue weighted by molar-refractivity contribution is 0.475. The van der Waals surface area contributed by atoms with Crippen LogP contribution in [0.15, 0.2) is 18.2 Å². The van der Waals surface area contributed by atoms with E-state index in [-0.39, 0.29) is 37.9 Å². The highest BCUT2D eigenvalue weighted by Gasteiger charge is 2.41. The van der Waals surface area contributed by atoms with E-state index in [4.69, 9.17) is 0 Å². The van der Waals surface area contributed by atoms with E-state index < -0.39 is 0 Å². The van der Waals surface area contributed by atoms with Gasteiger partial charge in [0.2, 0.25) is 0 Å². The van der Waals surface area contributed by atoms with E-state index in [9.17, 15) is 0 Å². The fraction of sp³-hybridized carbons (Fsp3) is 0.721. The highest BCUT2D eigenvalue weighted by atomic mass is 14.5. The molecule has 2 rings (SSSR count). The minimum absolute atomic E-state index is 0.00721. The third-order valence-corrected chi connectivity index (χ3v) is 9.16. The Balaban J connectivity index is 3.47. The highest BCUT2D eigenvalue weighted by molar-refractivity contribution is 5.61. The molecule has 0 aromatic heterocycles. The first-order valence-corrected chi connectivity index (χ1v) is 17.2. The third-order valence-electron chi connectivity index (χ3n) is 9.16. The summed E-state index contributed by atoms with van der Waals surface area (Å²) in [6, 6.07) is 7.67. The van der Waals surface area contributed by atoms with E-state index in [2.05, 4.69) is 171 Å². The zero-order chi connectivity index (χ0) is 34.1. The van der Waals surface area contributed by atoms with Gasteiger partial charge in [-0.05, 0) is 94.4 Å². The first kappa shape index (κ1) is 37.6. The van der Waals surface area contributed by atoms with Gasteiger partial charge < -0.3 is 0 Å². The maximum atomic E-state index is 2.64. The van der Waals surface area contributed by atoms with Crippen LogP contribution in [0.3, 0.4) is 0 Å². The SMILES string of the molecule is CCC(c1ccc(C(C)(C)C)c(C(C)(C)C)c1C(C)(C)C)c1c(C(C)(C)C)cc(C(C)(C)C)c(C(C)(C)C)c1C(C)(C)C. The first-order chi connectivity index (χ1) is 18.8. The van der Waals surface area contributed by atoms with Crippen LogP contribution >= 0.6 is 0 Å². The van der Waals surface area contributed by atoms with Gasteiger partial charge in [0.05, 0.1) is 0 Å². The average Bonchev–Trinajstić information content (AvgIpc) is 2.73. The summed E-state index contributed by atoms with van der Waals surface area (Å²) >= 11 is 0.